The molecule has 0 aliphatic carbocycles. The van der Waals surface area contributed by atoms with Gasteiger partial charge in [0.15, 0.2) is 0 Å². The molecular formula is C21H21N3O4. The highest BCUT2D eigenvalue weighted by Crippen LogP contribution is 2.28. The van der Waals surface area contributed by atoms with Gasteiger partial charge in [-0.05, 0) is 19.1 Å². The first-order valence-electron chi connectivity index (χ1n) is 8.65. The van der Waals surface area contributed by atoms with Gasteiger partial charge in [-0.25, -0.2) is 4.98 Å². The van der Waals surface area contributed by atoms with Gasteiger partial charge in [-0.1, -0.05) is 29.8 Å². The van der Waals surface area contributed by atoms with Gasteiger partial charge < -0.3 is 14.8 Å². The molecule has 0 radical (unpaired) electrons. The summed E-state index contributed by atoms with van der Waals surface area (Å²) in [5, 5.41) is 2.73. The van der Waals surface area contributed by atoms with Crippen molar-refractivity contribution in [3.63, 3.8) is 0 Å². The molecule has 3 aromatic rings. The lowest BCUT2D eigenvalue weighted by molar-refractivity contribution is -0.116. The number of anilines is 1. The second-order valence-corrected chi connectivity index (χ2v) is 6.22. The molecule has 0 saturated carbocycles. The van der Waals surface area contributed by atoms with E-state index >= 15 is 0 Å². The Labute approximate surface area is 162 Å². The quantitative estimate of drug-likeness (QED) is 0.712. The van der Waals surface area contributed by atoms with E-state index in [1.54, 1.807) is 18.2 Å². The van der Waals surface area contributed by atoms with Crippen LogP contribution in [-0.2, 0) is 11.3 Å². The number of hydrogen-bond donors (Lipinski definition) is 1. The van der Waals surface area contributed by atoms with E-state index in [2.05, 4.69) is 10.3 Å². The molecule has 0 aliphatic heterocycles. The van der Waals surface area contributed by atoms with Gasteiger partial charge >= 0.3 is 0 Å². The molecule has 0 aliphatic rings. The van der Waals surface area contributed by atoms with Crippen molar-refractivity contribution >= 4 is 11.6 Å². The van der Waals surface area contributed by atoms with Crippen LogP contribution < -0.4 is 20.3 Å². The molecule has 7 nitrogen and oxygen atoms in total. The van der Waals surface area contributed by atoms with Crippen molar-refractivity contribution in [2.75, 3.05) is 19.5 Å². The van der Waals surface area contributed by atoms with Gasteiger partial charge in [0.2, 0.25) is 5.91 Å². The van der Waals surface area contributed by atoms with Crippen molar-refractivity contribution < 1.29 is 14.3 Å². The van der Waals surface area contributed by atoms with Gasteiger partial charge in [0, 0.05) is 17.7 Å². The van der Waals surface area contributed by atoms with Crippen LogP contribution in [0.2, 0.25) is 0 Å². The predicted octanol–water partition coefficient (Wildman–Crippen LogP) is 2.87. The van der Waals surface area contributed by atoms with E-state index in [1.165, 1.54) is 31.2 Å². The minimum absolute atomic E-state index is 0.166. The van der Waals surface area contributed by atoms with Crippen LogP contribution in [0.3, 0.4) is 0 Å². The van der Waals surface area contributed by atoms with E-state index in [9.17, 15) is 9.59 Å². The fourth-order valence-electron chi connectivity index (χ4n) is 2.68. The van der Waals surface area contributed by atoms with Gasteiger partial charge in [0.05, 0.1) is 31.9 Å². The van der Waals surface area contributed by atoms with Crippen LogP contribution in [0, 0.1) is 6.92 Å². The number of amides is 1. The molecule has 144 valence electrons. The van der Waals surface area contributed by atoms with Crippen LogP contribution in [0.15, 0.2) is 59.7 Å². The number of carbonyl (C=O) groups is 1. The number of rotatable bonds is 6. The molecule has 0 spiro atoms. The van der Waals surface area contributed by atoms with Gasteiger partial charge in [0.25, 0.3) is 5.56 Å². The molecule has 3 rings (SSSR count). The summed E-state index contributed by atoms with van der Waals surface area (Å²) in [5.41, 5.74) is 2.70. The molecule has 7 heteroatoms. The predicted molar refractivity (Wildman–Crippen MR) is 107 cm³/mol. The number of nitrogens with zero attached hydrogens (tertiary/aromatic N) is 2. The van der Waals surface area contributed by atoms with Crippen molar-refractivity contribution in [1.29, 1.82) is 0 Å². The Morgan fingerprint density at radius 2 is 1.82 bits per heavy atom. The lowest BCUT2D eigenvalue weighted by Gasteiger charge is -2.12. The van der Waals surface area contributed by atoms with E-state index in [4.69, 9.17) is 9.47 Å². The zero-order chi connectivity index (χ0) is 20.1. The fourth-order valence-corrected chi connectivity index (χ4v) is 2.68. The first-order valence-corrected chi connectivity index (χ1v) is 8.65. The molecule has 0 unspecified atom stereocenters. The summed E-state index contributed by atoms with van der Waals surface area (Å²) in [6.07, 6.45) is 1.37. The number of ether oxygens (including phenoxy) is 2. The van der Waals surface area contributed by atoms with Crippen molar-refractivity contribution in [3.05, 3.63) is 70.8 Å². The second kappa shape index (κ2) is 8.39. The van der Waals surface area contributed by atoms with Crippen molar-refractivity contribution in [1.82, 2.24) is 9.55 Å². The molecule has 1 N–H and O–H groups in total. The number of hydrogen-bond acceptors (Lipinski definition) is 5. The molecule has 28 heavy (non-hydrogen) atoms. The highest BCUT2D eigenvalue weighted by molar-refractivity contribution is 5.92. The number of nitrogens with one attached hydrogen (secondary N) is 1. The van der Waals surface area contributed by atoms with E-state index in [0.29, 0.717) is 22.9 Å². The SMILES string of the molecule is COc1ccc(OC)c(NC(=O)Cn2cnc(-c3ccc(C)cc3)cc2=O)c1. The van der Waals surface area contributed by atoms with Crippen LogP contribution in [0.1, 0.15) is 5.56 Å². The summed E-state index contributed by atoms with van der Waals surface area (Å²) in [6, 6.07) is 14.2. The molecule has 2 aromatic carbocycles. The number of carbonyl (C=O) groups excluding carboxylic acids is 1. The Morgan fingerprint density at radius 1 is 1.07 bits per heavy atom. The van der Waals surface area contributed by atoms with E-state index in [-0.39, 0.29) is 18.0 Å². The van der Waals surface area contributed by atoms with Crippen LogP contribution >= 0.6 is 0 Å². The minimum atomic E-state index is -0.376. The van der Waals surface area contributed by atoms with Gasteiger partial charge in [0.1, 0.15) is 18.0 Å². The van der Waals surface area contributed by atoms with Crippen LogP contribution in [0.5, 0.6) is 11.5 Å². The smallest absolute Gasteiger partial charge is 0.254 e. The van der Waals surface area contributed by atoms with Gasteiger partial charge in [-0.3, -0.25) is 14.2 Å². The number of aromatic nitrogens is 2. The summed E-state index contributed by atoms with van der Waals surface area (Å²) in [4.78, 5) is 29.1. The maximum Gasteiger partial charge on any atom is 0.254 e. The standard InChI is InChI=1S/C21H21N3O4/c1-14-4-6-15(7-5-14)17-11-21(26)24(13-22-17)12-20(25)23-18-10-16(27-2)8-9-19(18)28-3/h4-11,13H,12H2,1-3H3,(H,23,25). The van der Waals surface area contributed by atoms with E-state index < -0.39 is 0 Å². The highest BCUT2D eigenvalue weighted by Gasteiger charge is 2.11. The third-order valence-electron chi connectivity index (χ3n) is 4.22. The van der Waals surface area contributed by atoms with Crippen LogP contribution in [0.25, 0.3) is 11.3 Å². The lowest BCUT2D eigenvalue weighted by Crippen LogP contribution is -2.27. The number of aryl methyl sites for hydroxylation is 1. The fraction of sp³-hybridized carbons (Fsp3) is 0.190. The molecule has 0 saturated heterocycles. The Bertz CT molecular complexity index is 1040. The molecular weight excluding hydrogens is 358 g/mol. The Hall–Kier alpha value is -3.61. The maximum absolute atomic E-state index is 12.4. The Kier molecular flexibility index (Phi) is 5.74. The first kappa shape index (κ1) is 19.2. The largest absolute Gasteiger partial charge is 0.497 e. The summed E-state index contributed by atoms with van der Waals surface area (Å²) in [6.45, 7) is 1.82. The number of methoxy groups -OCH3 is 2. The summed E-state index contributed by atoms with van der Waals surface area (Å²) < 4.78 is 11.7. The topological polar surface area (TPSA) is 82.4 Å². The Morgan fingerprint density at radius 3 is 2.46 bits per heavy atom. The minimum Gasteiger partial charge on any atom is -0.497 e. The third-order valence-corrected chi connectivity index (χ3v) is 4.22. The molecule has 1 amide bonds. The first-order chi connectivity index (χ1) is 13.5. The average Bonchev–Trinajstić information content (AvgIpc) is 2.70. The lowest BCUT2D eigenvalue weighted by atomic mass is 10.1. The molecule has 1 aromatic heterocycles. The normalized spacial score (nSPS) is 10.4. The zero-order valence-corrected chi connectivity index (χ0v) is 15.9. The maximum atomic E-state index is 12.4. The van der Waals surface area contributed by atoms with Gasteiger partial charge in [-0.2, -0.15) is 0 Å². The molecule has 1 heterocycles. The number of benzene rings is 2. The summed E-state index contributed by atoms with van der Waals surface area (Å²) in [5.74, 6) is 0.699. The van der Waals surface area contributed by atoms with Crippen molar-refractivity contribution in [2.45, 2.75) is 13.5 Å². The molecule has 0 atom stereocenters. The van der Waals surface area contributed by atoms with E-state index in [0.717, 1.165) is 11.1 Å². The van der Waals surface area contributed by atoms with Gasteiger partial charge in [-0.15, -0.1) is 0 Å². The molecule has 0 bridgehead atoms. The second-order valence-electron chi connectivity index (χ2n) is 6.22. The van der Waals surface area contributed by atoms with Crippen LogP contribution in [0.4, 0.5) is 5.69 Å². The highest BCUT2D eigenvalue weighted by atomic mass is 16.5. The van der Waals surface area contributed by atoms with E-state index in [1.807, 2.05) is 31.2 Å². The average molecular weight is 379 g/mol. The van der Waals surface area contributed by atoms with Crippen molar-refractivity contribution in [3.8, 4) is 22.8 Å². The molecule has 0 fully saturated rings. The Balaban J connectivity index is 1.76. The third kappa shape index (κ3) is 4.37. The summed E-state index contributed by atoms with van der Waals surface area (Å²) in [7, 11) is 3.05. The van der Waals surface area contributed by atoms with Crippen molar-refractivity contribution in [2.24, 2.45) is 0 Å². The zero-order valence-electron chi connectivity index (χ0n) is 15.9. The summed E-state index contributed by atoms with van der Waals surface area (Å²) >= 11 is 0. The monoisotopic (exact) mass is 379 g/mol. The van der Waals surface area contributed by atoms with Crippen LogP contribution in [-0.4, -0.2) is 29.7 Å².